The monoisotopic (exact) mass is 390 g/mol. The molecule has 1 heterocycles. The molecule has 1 aromatic heterocycles. The lowest BCUT2D eigenvalue weighted by atomic mass is 9.96. The number of hydrogen-bond acceptors (Lipinski definition) is 5. The highest BCUT2D eigenvalue weighted by molar-refractivity contribution is 7.98. The molecule has 0 bridgehead atoms. The second-order valence-electron chi connectivity index (χ2n) is 7.13. The molecule has 4 nitrogen and oxygen atoms in total. The number of thioether (sulfide) groups is 1. The van der Waals surface area contributed by atoms with Gasteiger partial charge in [-0.3, -0.25) is 0 Å². The molecule has 2 N–H and O–H groups in total. The molecule has 1 aliphatic rings. The average molecular weight is 391 g/mol. The summed E-state index contributed by atoms with van der Waals surface area (Å²) in [6.07, 6.45) is 8.37. The summed E-state index contributed by atoms with van der Waals surface area (Å²) in [5, 5.41) is 7.08. The normalized spacial score (nSPS) is 14.6. The van der Waals surface area contributed by atoms with Gasteiger partial charge in [-0.1, -0.05) is 61.7 Å². The summed E-state index contributed by atoms with van der Waals surface area (Å²) < 4.78 is 0. The first-order chi connectivity index (χ1) is 13.8. The molecule has 0 aliphatic heterocycles. The van der Waals surface area contributed by atoms with Gasteiger partial charge in [0, 0.05) is 22.6 Å². The molecule has 0 saturated heterocycles. The van der Waals surface area contributed by atoms with Gasteiger partial charge in [-0.05, 0) is 31.2 Å². The predicted molar refractivity (Wildman–Crippen MR) is 119 cm³/mol. The van der Waals surface area contributed by atoms with E-state index in [1.807, 2.05) is 30.3 Å². The maximum atomic E-state index is 4.81. The molecule has 1 fully saturated rings. The second-order valence-corrected chi connectivity index (χ2v) is 7.98. The van der Waals surface area contributed by atoms with Gasteiger partial charge in [0.1, 0.15) is 5.82 Å². The molecule has 1 saturated carbocycles. The number of benzene rings is 2. The molecule has 0 amide bonds. The van der Waals surface area contributed by atoms with E-state index >= 15 is 0 Å². The topological polar surface area (TPSA) is 49.8 Å². The van der Waals surface area contributed by atoms with Crippen LogP contribution in [0.2, 0.25) is 0 Å². The summed E-state index contributed by atoms with van der Waals surface area (Å²) in [7, 11) is 0. The maximum Gasteiger partial charge on any atom is 0.225 e. The fourth-order valence-electron chi connectivity index (χ4n) is 3.65. The van der Waals surface area contributed by atoms with Crippen molar-refractivity contribution in [2.24, 2.45) is 0 Å². The Morgan fingerprint density at radius 3 is 2.43 bits per heavy atom. The van der Waals surface area contributed by atoms with E-state index in [2.05, 4.69) is 47.2 Å². The van der Waals surface area contributed by atoms with Crippen molar-refractivity contribution in [2.45, 2.75) is 43.0 Å². The van der Waals surface area contributed by atoms with Crippen LogP contribution >= 0.6 is 11.8 Å². The van der Waals surface area contributed by atoms with E-state index in [0.29, 0.717) is 12.0 Å². The van der Waals surface area contributed by atoms with Crippen LogP contribution in [0.15, 0.2) is 65.6 Å². The molecule has 0 atom stereocenters. The van der Waals surface area contributed by atoms with Gasteiger partial charge in [0.25, 0.3) is 0 Å². The first kappa shape index (κ1) is 18.8. The zero-order valence-corrected chi connectivity index (χ0v) is 17.0. The molecule has 0 spiro atoms. The molecule has 1 aliphatic carbocycles. The number of rotatable bonds is 6. The third-order valence-corrected chi connectivity index (χ3v) is 5.90. The van der Waals surface area contributed by atoms with Crippen molar-refractivity contribution in [1.82, 2.24) is 9.97 Å². The predicted octanol–water partition coefficient (Wildman–Crippen LogP) is 6.35. The summed E-state index contributed by atoms with van der Waals surface area (Å²) in [6, 6.07) is 21.1. The number of anilines is 3. The molecule has 2 aromatic carbocycles. The fourth-order valence-corrected chi connectivity index (χ4v) is 4.20. The van der Waals surface area contributed by atoms with Crippen LogP contribution in [0.3, 0.4) is 0 Å². The van der Waals surface area contributed by atoms with E-state index in [4.69, 9.17) is 9.97 Å². The van der Waals surface area contributed by atoms with E-state index < -0.39 is 0 Å². The van der Waals surface area contributed by atoms with Crippen LogP contribution in [-0.2, 0) is 0 Å². The van der Waals surface area contributed by atoms with Crippen molar-refractivity contribution in [3.8, 4) is 11.3 Å². The summed E-state index contributed by atoms with van der Waals surface area (Å²) in [4.78, 5) is 10.8. The van der Waals surface area contributed by atoms with E-state index in [0.717, 1.165) is 22.8 Å². The molecule has 0 unspecified atom stereocenters. The zero-order valence-electron chi connectivity index (χ0n) is 16.2. The van der Waals surface area contributed by atoms with E-state index in [1.54, 1.807) is 11.8 Å². The summed E-state index contributed by atoms with van der Waals surface area (Å²) >= 11 is 1.73. The van der Waals surface area contributed by atoms with E-state index in [9.17, 15) is 0 Å². The fraction of sp³-hybridized carbons (Fsp3) is 0.304. The summed E-state index contributed by atoms with van der Waals surface area (Å²) in [5.74, 6) is 1.52. The Bertz CT molecular complexity index is 907. The molecule has 3 aromatic rings. The maximum absolute atomic E-state index is 4.81. The van der Waals surface area contributed by atoms with Crippen molar-refractivity contribution < 1.29 is 0 Å². The zero-order chi connectivity index (χ0) is 19.2. The minimum Gasteiger partial charge on any atom is -0.351 e. The average Bonchev–Trinajstić information content (AvgIpc) is 2.75. The van der Waals surface area contributed by atoms with Crippen molar-refractivity contribution in [2.75, 3.05) is 16.9 Å². The molecule has 4 rings (SSSR count). The third kappa shape index (κ3) is 4.65. The Balaban J connectivity index is 1.67. The highest BCUT2D eigenvalue weighted by atomic mass is 32.2. The Kier molecular flexibility index (Phi) is 6.12. The second kappa shape index (κ2) is 9.11. The van der Waals surface area contributed by atoms with Crippen LogP contribution in [-0.4, -0.2) is 22.3 Å². The van der Waals surface area contributed by atoms with Gasteiger partial charge >= 0.3 is 0 Å². The third-order valence-electron chi connectivity index (χ3n) is 5.10. The Hall–Kier alpha value is -2.53. The first-order valence-corrected chi connectivity index (χ1v) is 11.2. The molecule has 5 heteroatoms. The minimum atomic E-state index is 0.464. The molecular weight excluding hydrogens is 364 g/mol. The number of para-hydroxylation sites is 1. The van der Waals surface area contributed by atoms with E-state index in [1.165, 1.54) is 37.0 Å². The number of hydrogen-bond donors (Lipinski definition) is 2. The van der Waals surface area contributed by atoms with Crippen molar-refractivity contribution in [3.05, 3.63) is 60.7 Å². The van der Waals surface area contributed by atoms with Crippen LogP contribution in [0.1, 0.15) is 32.1 Å². The lowest BCUT2D eigenvalue weighted by molar-refractivity contribution is 0.461. The lowest BCUT2D eigenvalue weighted by Gasteiger charge is -2.23. The minimum absolute atomic E-state index is 0.464. The summed E-state index contributed by atoms with van der Waals surface area (Å²) in [6.45, 7) is 0. The SMILES string of the molecule is CSc1ccccc1Nc1cc(-c2ccccc2)nc(NC2CCCCC2)n1. The number of nitrogens with one attached hydrogen (secondary N) is 2. The highest BCUT2D eigenvalue weighted by Crippen LogP contribution is 2.30. The molecule has 28 heavy (non-hydrogen) atoms. The van der Waals surface area contributed by atoms with Crippen LogP contribution in [0.25, 0.3) is 11.3 Å². The Morgan fingerprint density at radius 2 is 1.64 bits per heavy atom. The number of nitrogens with zero attached hydrogens (tertiary/aromatic N) is 2. The van der Waals surface area contributed by atoms with Gasteiger partial charge in [-0.25, -0.2) is 4.98 Å². The van der Waals surface area contributed by atoms with Crippen molar-refractivity contribution in [3.63, 3.8) is 0 Å². The summed E-state index contributed by atoms with van der Waals surface area (Å²) in [5.41, 5.74) is 3.09. The molecule has 144 valence electrons. The van der Waals surface area contributed by atoms with Gasteiger partial charge in [0.05, 0.1) is 11.4 Å². The van der Waals surface area contributed by atoms with Crippen molar-refractivity contribution >= 4 is 29.2 Å². The quantitative estimate of drug-likeness (QED) is 0.480. The number of aromatic nitrogens is 2. The smallest absolute Gasteiger partial charge is 0.225 e. The Labute approximate surface area is 171 Å². The van der Waals surface area contributed by atoms with Gasteiger partial charge in [-0.2, -0.15) is 4.98 Å². The molecular formula is C23H26N4S. The van der Waals surface area contributed by atoms with Crippen LogP contribution in [0, 0.1) is 0 Å². The molecule has 0 radical (unpaired) electrons. The van der Waals surface area contributed by atoms with Gasteiger partial charge in [0.15, 0.2) is 0 Å². The van der Waals surface area contributed by atoms with Gasteiger partial charge < -0.3 is 10.6 Å². The standard InChI is InChI=1S/C23H26N4S/c1-28-21-15-9-8-14-19(21)25-22-16-20(17-10-4-2-5-11-17)26-23(27-22)24-18-12-6-3-7-13-18/h2,4-5,8-11,14-16,18H,3,6-7,12-13H2,1H3,(H2,24,25,26,27). The van der Waals surface area contributed by atoms with E-state index in [-0.39, 0.29) is 0 Å². The first-order valence-electron chi connectivity index (χ1n) is 9.93. The van der Waals surface area contributed by atoms with Crippen LogP contribution in [0.4, 0.5) is 17.5 Å². The largest absolute Gasteiger partial charge is 0.351 e. The van der Waals surface area contributed by atoms with Crippen molar-refractivity contribution in [1.29, 1.82) is 0 Å². The Morgan fingerprint density at radius 1 is 0.893 bits per heavy atom. The van der Waals surface area contributed by atoms with Gasteiger partial charge in [-0.15, -0.1) is 11.8 Å². The van der Waals surface area contributed by atoms with Gasteiger partial charge in [0.2, 0.25) is 5.95 Å². The lowest BCUT2D eigenvalue weighted by Crippen LogP contribution is -2.23. The van der Waals surface area contributed by atoms with Crippen LogP contribution in [0.5, 0.6) is 0 Å². The highest BCUT2D eigenvalue weighted by Gasteiger charge is 2.16. The van der Waals surface area contributed by atoms with Crippen LogP contribution < -0.4 is 10.6 Å².